The maximum Gasteiger partial charge on any atom is 0.238 e. The summed E-state index contributed by atoms with van der Waals surface area (Å²) in [5.74, 6) is 0.550. The number of rotatable bonds is 10. The van der Waals surface area contributed by atoms with Crippen LogP contribution in [0.25, 0.3) is 0 Å². The molecule has 0 aliphatic heterocycles. The molecule has 0 aromatic heterocycles. The first kappa shape index (κ1) is 23.2. The molecule has 0 aliphatic carbocycles. The minimum atomic E-state index is -0.106. The van der Waals surface area contributed by atoms with Gasteiger partial charge in [-0.15, -0.1) is 0 Å². The van der Waals surface area contributed by atoms with Crippen molar-refractivity contribution in [2.45, 2.75) is 66.8 Å². The Labute approximate surface area is 164 Å². The van der Waals surface area contributed by atoms with Gasteiger partial charge in [0, 0.05) is 11.7 Å². The maximum atomic E-state index is 12.3. The Bertz CT molecular complexity index is 617. The lowest BCUT2D eigenvalue weighted by molar-refractivity contribution is -0.123. The van der Waals surface area contributed by atoms with Crippen molar-refractivity contribution in [3.05, 3.63) is 28.8 Å². The first-order valence-electron chi connectivity index (χ1n) is 9.94. The Morgan fingerprint density at radius 2 is 1.52 bits per heavy atom. The second-order valence-electron chi connectivity index (χ2n) is 8.29. The van der Waals surface area contributed by atoms with E-state index >= 15 is 0 Å². The average Bonchev–Trinajstić information content (AvgIpc) is 2.49. The van der Waals surface area contributed by atoms with Crippen molar-refractivity contribution in [2.75, 3.05) is 25.5 Å². The number of benzene rings is 1. The fourth-order valence-corrected chi connectivity index (χ4v) is 3.33. The molecular formula is C22H37N3O2. The summed E-state index contributed by atoms with van der Waals surface area (Å²) in [4.78, 5) is 26.2. The summed E-state index contributed by atoms with van der Waals surface area (Å²) in [7, 11) is 1.79. The normalized spacial score (nSPS) is 12.3. The molecule has 1 rings (SSSR count). The lowest BCUT2D eigenvalue weighted by Gasteiger charge is -2.20. The molecule has 5 heteroatoms. The predicted molar refractivity (Wildman–Crippen MR) is 113 cm³/mol. The van der Waals surface area contributed by atoms with Gasteiger partial charge in [-0.05, 0) is 58.2 Å². The quantitative estimate of drug-likeness (QED) is 0.654. The highest BCUT2D eigenvalue weighted by molar-refractivity contribution is 5.94. The van der Waals surface area contributed by atoms with E-state index in [2.05, 4.69) is 36.6 Å². The molecule has 5 nitrogen and oxygen atoms in total. The van der Waals surface area contributed by atoms with Crippen LogP contribution in [0.3, 0.4) is 0 Å². The molecule has 0 spiro atoms. The van der Waals surface area contributed by atoms with Crippen LogP contribution in [-0.4, -0.2) is 42.9 Å². The molecular weight excluding hydrogens is 338 g/mol. The van der Waals surface area contributed by atoms with Gasteiger partial charge in [0.2, 0.25) is 11.8 Å². The number of nitrogens with one attached hydrogen (secondary N) is 2. The zero-order chi connectivity index (χ0) is 20.6. The van der Waals surface area contributed by atoms with E-state index in [-0.39, 0.29) is 30.9 Å². The summed E-state index contributed by atoms with van der Waals surface area (Å²) in [6.07, 6.45) is 3.28. The lowest BCUT2D eigenvalue weighted by atomic mass is 10.0. The van der Waals surface area contributed by atoms with Gasteiger partial charge in [0.25, 0.3) is 0 Å². The van der Waals surface area contributed by atoms with E-state index in [1.807, 2.05) is 27.7 Å². The second kappa shape index (κ2) is 11.1. The first-order valence-corrected chi connectivity index (χ1v) is 9.94. The van der Waals surface area contributed by atoms with Crippen molar-refractivity contribution in [1.29, 1.82) is 0 Å². The van der Waals surface area contributed by atoms with Crippen LogP contribution >= 0.6 is 0 Å². The molecule has 1 aromatic rings. The number of nitrogens with zero attached hydrogens (tertiary/aromatic N) is 1. The molecule has 0 unspecified atom stereocenters. The van der Waals surface area contributed by atoms with Crippen LogP contribution in [0, 0.1) is 26.7 Å². The molecule has 0 radical (unpaired) electrons. The van der Waals surface area contributed by atoms with Gasteiger partial charge in [-0.25, -0.2) is 0 Å². The van der Waals surface area contributed by atoms with Crippen molar-refractivity contribution in [3.8, 4) is 0 Å². The number of likely N-dealkylation sites (N-methyl/N-ethyl adjacent to an activating group) is 1. The topological polar surface area (TPSA) is 61.4 Å². The number of carbonyl (C=O) groups excluding carboxylic acids is 2. The van der Waals surface area contributed by atoms with E-state index in [1.54, 1.807) is 11.9 Å². The molecule has 0 saturated heterocycles. The van der Waals surface area contributed by atoms with E-state index in [0.717, 1.165) is 29.7 Å². The van der Waals surface area contributed by atoms with Crippen LogP contribution in [-0.2, 0) is 9.59 Å². The summed E-state index contributed by atoms with van der Waals surface area (Å²) >= 11 is 0. The van der Waals surface area contributed by atoms with Crippen LogP contribution in [0.4, 0.5) is 5.69 Å². The lowest BCUT2D eigenvalue weighted by Crippen LogP contribution is -2.42. The highest BCUT2D eigenvalue weighted by Crippen LogP contribution is 2.21. The van der Waals surface area contributed by atoms with Crippen molar-refractivity contribution < 1.29 is 9.59 Å². The van der Waals surface area contributed by atoms with Gasteiger partial charge in [0.05, 0.1) is 13.1 Å². The first-order chi connectivity index (χ1) is 12.6. The minimum Gasteiger partial charge on any atom is -0.353 e. The fraction of sp³-hybridized carbons (Fsp3) is 0.636. The van der Waals surface area contributed by atoms with E-state index < -0.39 is 0 Å². The average molecular weight is 376 g/mol. The third-order valence-corrected chi connectivity index (χ3v) is 4.59. The van der Waals surface area contributed by atoms with Gasteiger partial charge in [-0.2, -0.15) is 0 Å². The van der Waals surface area contributed by atoms with Gasteiger partial charge in [-0.3, -0.25) is 14.5 Å². The van der Waals surface area contributed by atoms with Crippen LogP contribution in [0.1, 0.15) is 56.7 Å². The summed E-state index contributed by atoms with van der Waals surface area (Å²) in [5.41, 5.74) is 4.15. The largest absolute Gasteiger partial charge is 0.353 e. The number of aryl methyl sites for hydroxylation is 3. The van der Waals surface area contributed by atoms with E-state index in [1.165, 1.54) is 12.0 Å². The Hall–Kier alpha value is -1.88. The molecule has 0 aliphatic rings. The SMILES string of the molecule is Cc1cc(C)c(NC(=O)CN(C)CC(=O)N[C@H](C)CCCC(C)C)c(C)c1. The zero-order valence-corrected chi connectivity index (χ0v) is 18.1. The molecule has 0 saturated carbocycles. The van der Waals surface area contributed by atoms with Gasteiger partial charge in [-0.1, -0.05) is 44.4 Å². The molecule has 1 atom stereocenters. The summed E-state index contributed by atoms with van der Waals surface area (Å²) in [5, 5.41) is 6.00. The van der Waals surface area contributed by atoms with Crippen molar-refractivity contribution in [3.63, 3.8) is 0 Å². The van der Waals surface area contributed by atoms with E-state index in [4.69, 9.17) is 0 Å². The Morgan fingerprint density at radius 1 is 0.963 bits per heavy atom. The number of hydrogen-bond acceptors (Lipinski definition) is 3. The smallest absolute Gasteiger partial charge is 0.238 e. The summed E-state index contributed by atoms with van der Waals surface area (Å²) in [6.45, 7) is 12.9. The van der Waals surface area contributed by atoms with E-state index in [0.29, 0.717) is 5.92 Å². The Morgan fingerprint density at radius 3 is 2.07 bits per heavy atom. The molecule has 0 heterocycles. The van der Waals surface area contributed by atoms with Gasteiger partial charge in [0.15, 0.2) is 0 Å². The van der Waals surface area contributed by atoms with E-state index in [9.17, 15) is 9.59 Å². The molecule has 27 heavy (non-hydrogen) atoms. The van der Waals surface area contributed by atoms with Gasteiger partial charge < -0.3 is 10.6 Å². The number of hydrogen-bond donors (Lipinski definition) is 2. The molecule has 2 N–H and O–H groups in total. The molecule has 0 bridgehead atoms. The monoisotopic (exact) mass is 375 g/mol. The van der Waals surface area contributed by atoms with Crippen LogP contribution < -0.4 is 10.6 Å². The third-order valence-electron chi connectivity index (χ3n) is 4.59. The number of anilines is 1. The van der Waals surface area contributed by atoms with Crippen LogP contribution in [0.2, 0.25) is 0 Å². The maximum absolute atomic E-state index is 12.3. The Kier molecular flexibility index (Phi) is 9.50. The summed E-state index contributed by atoms with van der Waals surface area (Å²) in [6, 6.07) is 4.28. The standard InChI is InChI=1S/C22H37N3O2/c1-15(2)9-8-10-19(6)23-20(26)13-25(7)14-21(27)24-22-17(4)11-16(3)12-18(22)5/h11-12,15,19H,8-10,13-14H2,1-7H3,(H,23,26)(H,24,27)/t19-/m1/s1. The summed E-state index contributed by atoms with van der Waals surface area (Å²) < 4.78 is 0. The van der Waals surface area contributed by atoms with Gasteiger partial charge >= 0.3 is 0 Å². The number of carbonyl (C=O) groups is 2. The van der Waals surface area contributed by atoms with Crippen molar-refractivity contribution in [1.82, 2.24) is 10.2 Å². The van der Waals surface area contributed by atoms with Crippen molar-refractivity contribution >= 4 is 17.5 Å². The fourth-order valence-electron chi connectivity index (χ4n) is 3.33. The molecule has 2 amide bonds. The predicted octanol–water partition coefficient (Wildman–Crippen LogP) is 3.81. The van der Waals surface area contributed by atoms with Gasteiger partial charge in [0.1, 0.15) is 0 Å². The molecule has 152 valence electrons. The van der Waals surface area contributed by atoms with Crippen LogP contribution in [0.15, 0.2) is 12.1 Å². The Balaban J connectivity index is 2.42. The highest BCUT2D eigenvalue weighted by Gasteiger charge is 2.14. The minimum absolute atomic E-state index is 0.0370. The molecule has 0 fully saturated rings. The highest BCUT2D eigenvalue weighted by atomic mass is 16.2. The second-order valence-corrected chi connectivity index (χ2v) is 8.29. The molecule has 1 aromatic carbocycles. The number of amides is 2. The third kappa shape index (κ3) is 9.05. The van der Waals surface area contributed by atoms with Crippen LogP contribution in [0.5, 0.6) is 0 Å². The van der Waals surface area contributed by atoms with Crippen molar-refractivity contribution in [2.24, 2.45) is 5.92 Å². The zero-order valence-electron chi connectivity index (χ0n) is 18.1.